The molecule has 162 valence electrons. The molecular weight excluding hydrogens is 426 g/mol. The van der Waals surface area contributed by atoms with Crippen LogP contribution < -0.4 is 14.2 Å². The maximum Gasteiger partial charge on any atom is 0.281 e. The van der Waals surface area contributed by atoms with Gasteiger partial charge in [0.2, 0.25) is 0 Å². The Morgan fingerprint density at radius 2 is 1.94 bits per heavy atom. The third kappa shape index (κ3) is 4.29. The molecule has 1 aliphatic heterocycles. The van der Waals surface area contributed by atoms with Crippen molar-refractivity contribution in [2.45, 2.75) is 12.5 Å². The number of amides is 1. The van der Waals surface area contributed by atoms with E-state index in [1.165, 1.54) is 5.01 Å². The van der Waals surface area contributed by atoms with Crippen molar-refractivity contribution in [3.8, 4) is 23.3 Å². The number of ether oxygens (including phenoxy) is 3. The fourth-order valence-corrected chi connectivity index (χ4v) is 4.26. The summed E-state index contributed by atoms with van der Waals surface area (Å²) in [4.78, 5) is 14.2. The number of methoxy groups -OCH3 is 2. The number of nitriles is 1. The van der Waals surface area contributed by atoms with Gasteiger partial charge in [0, 0.05) is 6.42 Å². The monoisotopic (exact) mass is 447 g/mol. The number of hydrogen-bond donors (Lipinski definition) is 0. The van der Waals surface area contributed by atoms with Crippen molar-refractivity contribution >= 4 is 23.0 Å². The summed E-state index contributed by atoms with van der Waals surface area (Å²) in [6.45, 7) is -0.232. The SMILES string of the molecule is COc1ccc([C@@H]2CC(c3cccs3)=NN2C(=O)COc2ccccc2C#N)cc1OC. The summed E-state index contributed by atoms with van der Waals surface area (Å²) in [5.41, 5.74) is 2.09. The number of benzene rings is 2. The molecule has 2 heterocycles. The smallest absolute Gasteiger partial charge is 0.281 e. The predicted molar refractivity (Wildman–Crippen MR) is 121 cm³/mol. The molecule has 0 radical (unpaired) electrons. The first kappa shape index (κ1) is 21.4. The van der Waals surface area contributed by atoms with E-state index in [-0.39, 0.29) is 18.6 Å². The number of thiophene rings is 1. The largest absolute Gasteiger partial charge is 0.493 e. The van der Waals surface area contributed by atoms with Crippen molar-refractivity contribution in [1.29, 1.82) is 5.26 Å². The van der Waals surface area contributed by atoms with Crippen molar-refractivity contribution in [1.82, 2.24) is 5.01 Å². The van der Waals surface area contributed by atoms with Gasteiger partial charge >= 0.3 is 0 Å². The van der Waals surface area contributed by atoms with Crippen LogP contribution in [0.1, 0.15) is 28.5 Å². The Labute approximate surface area is 190 Å². The van der Waals surface area contributed by atoms with Crippen LogP contribution in [0.3, 0.4) is 0 Å². The van der Waals surface area contributed by atoms with Gasteiger partial charge in [-0.3, -0.25) is 4.79 Å². The van der Waals surface area contributed by atoms with Crippen LogP contribution in [0.15, 0.2) is 65.1 Å². The first-order valence-corrected chi connectivity index (χ1v) is 10.8. The molecule has 2 aromatic carbocycles. The normalized spacial score (nSPS) is 15.1. The number of para-hydroxylation sites is 1. The molecule has 7 nitrogen and oxygen atoms in total. The van der Waals surface area contributed by atoms with Crippen molar-refractivity contribution in [3.05, 3.63) is 76.0 Å². The first-order chi connectivity index (χ1) is 15.6. The van der Waals surface area contributed by atoms with Crippen LogP contribution in [-0.2, 0) is 4.79 Å². The zero-order valence-corrected chi connectivity index (χ0v) is 18.5. The van der Waals surface area contributed by atoms with Gasteiger partial charge < -0.3 is 14.2 Å². The Morgan fingerprint density at radius 1 is 1.12 bits per heavy atom. The van der Waals surface area contributed by atoms with E-state index in [9.17, 15) is 10.1 Å². The summed E-state index contributed by atoms with van der Waals surface area (Å²) in [5, 5.41) is 17.3. The summed E-state index contributed by atoms with van der Waals surface area (Å²) < 4.78 is 16.5. The van der Waals surface area contributed by atoms with Crippen LogP contribution in [0, 0.1) is 11.3 Å². The second-order valence-corrected chi connectivity index (χ2v) is 7.94. The Morgan fingerprint density at radius 3 is 2.66 bits per heavy atom. The molecule has 4 rings (SSSR count). The van der Waals surface area contributed by atoms with Gasteiger partial charge in [-0.2, -0.15) is 10.4 Å². The highest BCUT2D eigenvalue weighted by Crippen LogP contribution is 2.38. The summed E-state index contributed by atoms with van der Waals surface area (Å²) in [7, 11) is 3.16. The van der Waals surface area contributed by atoms with E-state index >= 15 is 0 Å². The first-order valence-electron chi connectivity index (χ1n) is 9.92. The van der Waals surface area contributed by atoms with Gasteiger partial charge in [0.25, 0.3) is 5.91 Å². The van der Waals surface area contributed by atoms with Gasteiger partial charge in [-0.1, -0.05) is 24.3 Å². The second kappa shape index (κ2) is 9.54. The minimum Gasteiger partial charge on any atom is -0.493 e. The van der Waals surface area contributed by atoms with E-state index in [1.807, 2.05) is 35.7 Å². The maximum absolute atomic E-state index is 13.2. The Kier molecular flexibility index (Phi) is 6.38. The molecule has 1 aliphatic rings. The molecule has 0 spiro atoms. The third-order valence-corrected chi connectivity index (χ3v) is 6.04. The number of rotatable bonds is 7. The number of hydrazone groups is 1. The average molecular weight is 448 g/mol. The Balaban J connectivity index is 1.61. The second-order valence-electron chi connectivity index (χ2n) is 6.99. The lowest BCUT2D eigenvalue weighted by molar-refractivity contribution is -0.135. The maximum atomic E-state index is 13.2. The van der Waals surface area contributed by atoms with Gasteiger partial charge in [0.05, 0.1) is 36.4 Å². The van der Waals surface area contributed by atoms with Gasteiger partial charge in [0.15, 0.2) is 18.1 Å². The average Bonchev–Trinajstić information content (AvgIpc) is 3.52. The molecule has 32 heavy (non-hydrogen) atoms. The van der Waals surface area contributed by atoms with Crippen LogP contribution in [0.2, 0.25) is 0 Å². The number of carbonyl (C=O) groups excluding carboxylic acids is 1. The highest BCUT2D eigenvalue weighted by atomic mass is 32.1. The van der Waals surface area contributed by atoms with Crippen LogP contribution in [-0.4, -0.2) is 37.5 Å². The fourth-order valence-electron chi connectivity index (χ4n) is 3.54. The van der Waals surface area contributed by atoms with Crippen LogP contribution in [0.25, 0.3) is 0 Å². The summed E-state index contributed by atoms with van der Waals surface area (Å²) >= 11 is 1.58. The van der Waals surface area contributed by atoms with E-state index in [4.69, 9.17) is 14.2 Å². The lowest BCUT2D eigenvalue weighted by atomic mass is 10.0. The summed E-state index contributed by atoms with van der Waals surface area (Å²) in [6.07, 6.45) is 0.566. The molecule has 8 heteroatoms. The Bertz CT molecular complexity index is 1180. The zero-order chi connectivity index (χ0) is 22.5. The van der Waals surface area contributed by atoms with Gasteiger partial charge in [-0.25, -0.2) is 5.01 Å². The van der Waals surface area contributed by atoms with Crippen molar-refractivity contribution in [3.63, 3.8) is 0 Å². The minimum absolute atomic E-state index is 0.232. The molecular formula is C24H21N3O4S. The topological polar surface area (TPSA) is 84.1 Å². The molecule has 0 saturated heterocycles. The van der Waals surface area contributed by atoms with Gasteiger partial charge in [-0.15, -0.1) is 11.3 Å². The number of hydrogen-bond acceptors (Lipinski definition) is 7. The lowest BCUT2D eigenvalue weighted by Gasteiger charge is -2.23. The Hall–Kier alpha value is -3.83. The zero-order valence-electron chi connectivity index (χ0n) is 17.6. The van der Waals surface area contributed by atoms with Crippen molar-refractivity contribution in [2.24, 2.45) is 5.10 Å². The molecule has 3 aromatic rings. The molecule has 0 saturated carbocycles. The number of carbonyl (C=O) groups is 1. The van der Waals surface area contributed by atoms with E-state index < -0.39 is 0 Å². The quantitative estimate of drug-likeness (QED) is 0.536. The van der Waals surface area contributed by atoms with Crippen LogP contribution in [0.4, 0.5) is 0 Å². The van der Waals surface area contributed by atoms with E-state index in [2.05, 4.69) is 11.2 Å². The van der Waals surface area contributed by atoms with Crippen molar-refractivity contribution < 1.29 is 19.0 Å². The van der Waals surface area contributed by atoms with Gasteiger partial charge in [-0.05, 0) is 41.3 Å². The number of nitrogens with zero attached hydrogens (tertiary/aromatic N) is 3. The van der Waals surface area contributed by atoms with E-state index in [0.717, 1.165) is 16.2 Å². The summed E-state index contributed by atoms with van der Waals surface area (Å²) in [6, 6.07) is 18.1. The lowest BCUT2D eigenvalue weighted by Crippen LogP contribution is -2.31. The van der Waals surface area contributed by atoms with Gasteiger partial charge in [0.1, 0.15) is 11.8 Å². The highest BCUT2D eigenvalue weighted by Gasteiger charge is 2.34. The molecule has 0 bridgehead atoms. The molecule has 0 N–H and O–H groups in total. The minimum atomic E-state index is -0.311. The summed E-state index contributed by atoms with van der Waals surface area (Å²) in [5.74, 6) is 1.26. The van der Waals surface area contributed by atoms with E-state index in [0.29, 0.717) is 29.2 Å². The third-order valence-electron chi connectivity index (χ3n) is 5.12. The molecule has 1 amide bonds. The fraction of sp³-hybridized carbons (Fsp3) is 0.208. The van der Waals surface area contributed by atoms with Crippen LogP contribution >= 0.6 is 11.3 Å². The molecule has 1 atom stereocenters. The van der Waals surface area contributed by atoms with Crippen LogP contribution in [0.5, 0.6) is 17.2 Å². The predicted octanol–water partition coefficient (Wildman–Crippen LogP) is 4.39. The standard InChI is InChI=1S/C24H21N3O4S/c1-29-21-10-9-16(12-22(21)30-2)19-13-18(23-8-5-11-32-23)26-27(19)24(28)15-31-20-7-4-3-6-17(20)14-25/h3-12,19H,13,15H2,1-2H3/t19-/m0/s1. The molecule has 0 fully saturated rings. The van der Waals surface area contributed by atoms with Crippen molar-refractivity contribution in [2.75, 3.05) is 20.8 Å². The highest BCUT2D eigenvalue weighted by molar-refractivity contribution is 7.12. The van der Waals surface area contributed by atoms with E-state index in [1.54, 1.807) is 49.8 Å². The molecule has 1 aromatic heterocycles. The molecule has 0 unspecified atom stereocenters. The molecule has 0 aliphatic carbocycles.